The highest BCUT2D eigenvalue weighted by Crippen LogP contribution is 2.34. The Morgan fingerprint density at radius 3 is 2.69 bits per heavy atom. The van der Waals surface area contributed by atoms with Gasteiger partial charge in [-0.25, -0.2) is 0 Å². The van der Waals surface area contributed by atoms with E-state index in [1.165, 1.54) is 12.1 Å². The van der Waals surface area contributed by atoms with Gasteiger partial charge in [-0.3, -0.25) is 14.9 Å². The molecule has 86 valence electrons. The van der Waals surface area contributed by atoms with Crippen LogP contribution in [-0.2, 0) is 4.79 Å². The Morgan fingerprint density at radius 2 is 2.25 bits per heavy atom. The summed E-state index contributed by atoms with van der Waals surface area (Å²) in [6.45, 7) is 1.73. The third-order valence-electron chi connectivity index (χ3n) is 2.29. The van der Waals surface area contributed by atoms with Crippen molar-refractivity contribution in [1.29, 1.82) is 0 Å². The number of carboxylic acid groups (broad SMARTS) is 1. The molecule has 1 N–H and O–H groups in total. The maximum absolute atomic E-state index is 11.0. The van der Waals surface area contributed by atoms with Gasteiger partial charge in [0.1, 0.15) is 0 Å². The fraction of sp³-hybridized carbons (Fsp3) is 0.300. The van der Waals surface area contributed by atoms with Crippen molar-refractivity contribution in [1.82, 2.24) is 0 Å². The minimum atomic E-state index is -0.983. The van der Waals surface area contributed by atoms with Crippen LogP contribution in [0.2, 0.25) is 0 Å². The summed E-state index contributed by atoms with van der Waals surface area (Å²) in [5, 5.41) is 19.7. The van der Waals surface area contributed by atoms with Crippen molar-refractivity contribution < 1.29 is 14.8 Å². The van der Waals surface area contributed by atoms with Crippen molar-refractivity contribution in [3.63, 3.8) is 0 Å². The van der Waals surface area contributed by atoms with Crippen LogP contribution in [0, 0.1) is 10.1 Å². The molecular formula is C10H10BrNO4. The minimum Gasteiger partial charge on any atom is -0.481 e. The average molecular weight is 288 g/mol. The van der Waals surface area contributed by atoms with Gasteiger partial charge >= 0.3 is 5.97 Å². The van der Waals surface area contributed by atoms with Gasteiger partial charge in [-0.15, -0.1) is 0 Å². The molecule has 1 aromatic carbocycles. The topological polar surface area (TPSA) is 80.4 Å². The third kappa shape index (κ3) is 2.38. The van der Waals surface area contributed by atoms with Crippen molar-refractivity contribution in [2.45, 2.75) is 19.3 Å². The molecule has 16 heavy (non-hydrogen) atoms. The zero-order valence-electron chi connectivity index (χ0n) is 8.51. The lowest BCUT2D eigenvalue weighted by molar-refractivity contribution is -0.385. The fourth-order valence-corrected chi connectivity index (χ4v) is 2.16. The predicted molar refractivity (Wildman–Crippen MR) is 61.5 cm³/mol. The summed E-state index contributed by atoms with van der Waals surface area (Å²) < 4.78 is 0.245. The number of benzene rings is 1. The van der Waals surface area contributed by atoms with Gasteiger partial charge in [0.05, 0.1) is 15.3 Å². The first-order valence-electron chi connectivity index (χ1n) is 4.64. The standard InChI is InChI=1S/C10H10BrNO4/c1-2-6(10(13)14)7-4-3-5-8(9(7)11)12(15)16/h3-6H,2H2,1H3,(H,13,14). The summed E-state index contributed by atoms with van der Waals surface area (Å²) in [5.41, 5.74) is 0.321. The van der Waals surface area contributed by atoms with Gasteiger partial charge in [-0.1, -0.05) is 19.1 Å². The van der Waals surface area contributed by atoms with Crippen LogP contribution in [0.1, 0.15) is 24.8 Å². The number of aliphatic carboxylic acids is 1. The Bertz CT molecular complexity index is 433. The molecule has 1 unspecified atom stereocenters. The van der Waals surface area contributed by atoms with Gasteiger partial charge in [-0.05, 0) is 27.9 Å². The van der Waals surface area contributed by atoms with E-state index in [4.69, 9.17) is 5.11 Å². The summed E-state index contributed by atoms with van der Waals surface area (Å²) in [4.78, 5) is 21.1. The van der Waals surface area contributed by atoms with Crippen molar-refractivity contribution in [3.05, 3.63) is 38.3 Å². The number of hydrogen-bond donors (Lipinski definition) is 1. The smallest absolute Gasteiger partial charge is 0.311 e. The van der Waals surface area contributed by atoms with Gasteiger partial charge in [-0.2, -0.15) is 0 Å². The molecule has 0 aliphatic rings. The molecule has 0 fully saturated rings. The second-order valence-corrected chi connectivity index (χ2v) is 4.03. The minimum absolute atomic E-state index is 0.114. The Hall–Kier alpha value is -1.43. The predicted octanol–water partition coefficient (Wildman–Crippen LogP) is 2.94. The van der Waals surface area contributed by atoms with Crippen molar-refractivity contribution in [2.75, 3.05) is 0 Å². The van der Waals surface area contributed by atoms with Crippen LogP contribution in [0.25, 0.3) is 0 Å². The Balaban J connectivity index is 3.29. The summed E-state index contributed by atoms with van der Waals surface area (Å²) >= 11 is 3.09. The molecule has 0 aliphatic heterocycles. The molecule has 0 saturated heterocycles. The van der Waals surface area contributed by atoms with Crippen LogP contribution in [-0.4, -0.2) is 16.0 Å². The monoisotopic (exact) mass is 287 g/mol. The first-order chi connectivity index (χ1) is 7.49. The van der Waals surface area contributed by atoms with E-state index in [1.54, 1.807) is 13.0 Å². The van der Waals surface area contributed by atoms with E-state index in [1.807, 2.05) is 0 Å². The van der Waals surface area contributed by atoms with Crippen LogP contribution in [0.15, 0.2) is 22.7 Å². The number of nitrogens with zero attached hydrogens (tertiary/aromatic N) is 1. The van der Waals surface area contributed by atoms with Crippen molar-refractivity contribution in [2.24, 2.45) is 0 Å². The van der Waals surface area contributed by atoms with Gasteiger partial charge in [0, 0.05) is 6.07 Å². The molecule has 1 rings (SSSR count). The summed E-state index contributed by atoms with van der Waals surface area (Å²) in [7, 11) is 0. The van der Waals surface area contributed by atoms with Crippen LogP contribution in [0.3, 0.4) is 0 Å². The highest BCUT2D eigenvalue weighted by molar-refractivity contribution is 9.10. The third-order valence-corrected chi connectivity index (χ3v) is 3.15. The largest absolute Gasteiger partial charge is 0.481 e. The fourth-order valence-electron chi connectivity index (χ4n) is 1.47. The normalized spacial score (nSPS) is 12.1. The first-order valence-corrected chi connectivity index (χ1v) is 5.44. The zero-order chi connectivity index (χ0) is 12.3. The Labute approximate surface area is 100 Å². The highest BCUT2D eigenvalue weighted by atomic mass is 79.9. The van der Waals surface area contributed by atoms with E-state index < -0.39 is 16.8 Å². The number of hydrogen-bond acceptors (Lipinski definition) is 3. The maximum Gasteiger partial charge on any atom is 0.311 e. The van der Waals surface area contributed by atoms with E-state index in [9.17, 15) is 14.9 Å². The summed E-state index contributed by atoms with van der Waals surface area (Å²) in [6.07, 6.45) is 0.384. The van der Waals surface area contributed by atoms with E-state index in [0.29, 0.717) is 12.0 Å². The number of nitro benzene ring substituents is 1. The van der Waals surface area contributed by atoms with Gasteiger partial charge in [0.2, 0.25) is 0 Å². The maximum atomic E-state index is 11.0. The van der Waals surface area contributed by atoms with E-state index in [2.05, 4.69) is 15.9 Å². The second kappa shape index (κ2) is 5.07. The number of carboxylic acids is 1. The molecule has 1 aromatic rings. The molecule has 0 radical (unpaired) electrons. The molecule has 5 nitrogen and oxygen atoms in total. The number of carbonyl (C=O) groups is 1. The van der Waals surface area contributed by atoms with Crippen LogP contribution >= 0.6 is 15.9 Å². The molecule has 0 saturated carbocycles. The molecule has 0 spiro atoms. The van der Waals surface area contributed by atoms with E-state index in [0.717, 1.165) is 0 Å². The molecule has 0 aromatic heterocycles. The number of rotatable bonds is 4. The molecule has 0 aliphatic carbocycles. The molecule has 1 atom stereocenters. The SMILES string of the molecule is CCC(C(=O)O)c1cccc([N+](=O)[O-])c1Br. The average Bonchev–Trinajstić information content (AvgIpc) is 2.20. The highest BCUT2D eigenvalue weighted by Gasteiger charge is 2.24. The summed E-state index contributed by atoms with van der Waals surface area (Å²) in [6, 6.07) is 4.41. The Kier molecular flexibility index (Phi) is 4.00. The van der Waals surface area contributed by atoms with Crippen LogP contribution in [0.4, 0.5) is 5.69 Å². The molecule has 0 bridgehead atoms. The lowest BCUT2D eigenvalue weighted by Crippen LogP contribution is -2.11. The van der Waals surface area contributed by atoms with Crippen LogP contribution < -0.4 is 0 Å². The lowest BCUT2D eigenvalue weighted by atomic mass is 9.96. The molecular weight excluding hydrogens is 278 g/mol. The van der Waals surface area contributed by atoms with Gasteiger partial charge < -0.3 is 5.11 Å². The van der Waals surface area contributed by atoms with Gasteiger partial charge in [0.15, 0.2) is 0 Å². The number of nitro groups is 1. The molecule has 0 amide bonds. The summed E-state index contributed by atoms with van der Waals surface area (Å²) in [5.74, 6) is -1.71. The van der Waals surface area contributed by atoms with Crippen LogP contribution in [0.5, 0.6) is 0 Å². The first kappa shape index (κ1) is 12.6. The zero-order valence-corrected chi connectivity index (χ0v) is 10.1. The Morgan fingerprint density at radius 1 is 1.62 bits per heavy atom. The van der Waals surface area contributed by atoms with Crippen molar-refractivity contribution >= 4 is 27.6 Å². The molecule has 0 heterocycles. The van der Waals surface area contributed by atoms with Crippen molar-refractivity contribution in [3.8, 4) is 0 Å². The van der Waals surface area contributed by atoms with Gasteiger partial charge in [0.25, 0.3) is 5.69 Å². The second-order valence-electron chi connectivity index (χ2n) is 3.24. The van der Waals surface area contributed by atoms with E-state index >= 15 is 0 Å². The molecule has 6 heteroatoms. The van der Waals surface area contributed by atoms with E-state index in [-0.39, 0.29) is 10.2 Å². The lowest BCUT2D eigenvalue weighted by Gasteiger charge is -2.11. The quantitative estimate of drug-likeness (QED) is 0.682. The number of halogens is 1.